The molecule has 0 amide bonds. The maximum absolute atomic E-state index is 13.2. The number of hydrogen-bond acceptors (Lipinski definition) is 1. The molecule has 2 atom stereocenters. The van der Waals surface area contributed by atoms with Crippen LogP contribution in [0.5, 0.6) is 0 Å². The Hall–Kier alpha value is -0.600. The van der Waals surface area contributed by atoms with E-state index in [2.05, 4.69) is 12.2 Å². The minimum atomic E-state index is -0.333. The van der Waals surface area contributed by atoms with Gasteiger partial charge in [0.2, 0.25) is 0 Å². The molecule has 0 bridgehead atoms. The molecule has 0 heterocycles. The van der Waals surface area contributed by atoms with Crippen molar-refractivity contribution < 1.29 is 4.39 Å². The lowest BCUT2D eigenvalue weighted by Gasteiger charge is -2.16. The van der Waals surface area contributed by atoms with Crippen LogP contribution in [0.15, 0.2) is 18.2 Å². The molecule has 17 heavy (non-hydrogen) atoms. The van der Waals surface area contributed by atoms with Gasteiger partial charge in [0, 0.05) is 6.54 Å². The molecule has 0 saturated heterocycles. The van der Waals surface area contributed by atoms with Gasteiger partial charge in [-0.1, -0.05) is 43.5 Å². The molecular formula is C14H19ClFN. The Morgan fingerprint density at radius 2 is 2.24 bits per heavy atom. The zero-order chi connectivity index (χ0) is 12.3. The summed E-state index contributed by atoms with van der Waals surface area (Å²) in [6.07, 6.45) is 3.99. The molecule has 1 saturated carbocycles. The van der Waals surface area contributed by atoms with Crippen LogP contribution in [0.25, 0.3) is 0 Å². The minimum Gasteiger partial charge on any atom is -0.312 e. The molecule has 94 valence electrons. The molecule has 1 aromatic carbocycles. The molecule has 0 aromatic heterocycles. The van der Waals surface area contributed by atoms with E-state index in [1.54, 1.807) is 6.07 Å². The predicted molar refractivity (Wildman–Crippen MR) is 69.6 cm³/mol. The Labute approximate surface area is 107 Å². The van der Waals surface area contributed by atoms with Crippen molar-refractivity contribution in [1.29, 1.82) is 0 Å². The van der Waals surface area contributed by atoms with E-state index in [0.717, 1.165) is 23.9 Å². The Bertz CT molecular complexity index is 380. The highest BCUT2D eigenvalue weighted by Crippen LogP contribution is 2.30. The van der Waals surface area contributed by atoms with Crippen molar-refractivity contribution in [3.63, 3.8) is 0 Å². The van der Waals surface area contributed by atoms with Crippen molar-refractivity contribution in [3.05, 3.63) is 34.6 Å². The topological polar surface area (TPSA) is 12.0 Å². The molecule has 3 heteroatoms. The van der Waals surface area contributed by atoms with Gasteiger partial charge in [0.25, 0.3) is 0 Å². The third-order valence-electron chi connectivity index (χ3n) is 3.79. The summed E-state index contributed by atoms with van der Waals surface area (Å²) >= 11 is 5.90. The highest BCUT2D eigenvalue weighted by atomic mass is 35.5. The third-order valence-corrected chi connectivity index (χ3v) is 4.22. The number of benzene rings is 1. The first-order valence-electron chi connectivity index (χ1n) is 6.32. The molecule has 1 aliphatic carbocycles. The van der Waals surface area contributed by atoms with Crippen LogP contribution >= 0.6 is 11.6 Å². The van der Waals surface area contributed by atoms with Crippen LogP contribution in [0, 0.1) is 17.7 Å². The smallest absolute Gasteiger partial charge is 0.142 e. The average Bonchev–Trinajstić information content (AvgIpc) is 2.71. The standard InChI is InChI=1S/C14H19ClFN/c1-10-4-2-5-11(10)8-17-9-12-6-3-7-13(16)14(12)15/h3,6-7,10-11,17H,2,4-5,8-9H2,1H3. The molecule has 1 N–H and O–H groups in total. The van der Waals surface area contributed by atoms with E-state index >= 15 is 0 Å². The molecule has 0 radical (unpaired) electrons. The molecule has 2 rings (SSSR count). The van der Waals surface area contributed by atoms with Gasteiger partial charge in [0.15, 0.2) is 0 Å². The van der Waals surface area contributed by atoms with E-state index in [1.807, 2.05) is 6.07 Å². The number of hydrogen-bond donors (Lipinski definition) is 1. The van der Waals surface area contributed by atoms with Crippen LogP contribution in [-0.4, -0.2) is 6.54 Å². The molecule has 1 fully saturated rings. The summed E-state index contributed by atoms with van der Waals surface area (Å²) in [7, 11) is 0. The second-order valence-corrected chi connectivity index (χ2v) is 5.39. The number of halogens is 2. The molecule has 1 aromatic rings. The number of nitrogens with one attached hydrogen (secondary N) is 1. The predicted octanol–water partition coefficient (Wildman–Crippen LogP) is 4.00. The Balaban J connectivity index is 1.84. The molecule has 1 nitrogen and oxygen atoms in total. The lowest BCUT2D eigenvalue weighted by atomic mass is 9.98. The molecule has 2 unspecified atom stereocenters. The van der Waals surface area contributed by atoms with Crippen LogP contribution < -0.4 is 5.32 Å². The van der Waals surface area contributed by atoms with Gasteiger partial charge in [-0.3, -0.25) is 0 Å². The fourth-order valence-corrected chi connectivity index (χ4v) is 2.80. The van der Waals surface area contributed by atoms with E-state index in [4.69, 9.17) is 11.6 Å². The summed E-state index contributed by atoms with van der Waals surface area (Å²) in [5.41, 5.74) is 0.845. The van der Waals surface area contributed by atoms with Crippen molar-refractivity contribution in [3.8, 4) is 0 Å². The van der Waals surface area contributed by atoms with Gasteiger partial charge >= 0.3 is 0 Å². The van der Waals surface area contributed by atoms with E-state index in [0.29, 0.717) is 6.54 Å². The zero-order valence-corrected chi connectivity index (χ0v) is 10.9. The second-order valence-electron chi connectivity index (χ2n) is 5.01. The van der Waals surface area contributed by atoms with Gasteiger partial charge in [0.05, 0.1) is 5.02 Å². The van der Waals surface area contributed by atoms with E-state index < -0.39 is 0 Å². The maximum Gasteiger partial charge on any atom is 0.142 e. The first-order chi connectivity index (χ1) is 8.18. The summed E-state index contributed by atoms with van der Waals surface area (Å²) in [5.74, 6) is 1.24. The summed E-state index contributed by atoms with van der Waals surface area (Å²) in [4.78, 5) is 0. The summed E-state index contributed by atoms with van der Waals surface area (Å²) in [6, 6.07) is 4.97. The van der Waals surface area contributed by atoms with Crippen molar-refractivity contribution in [2.75, 3.05) is 6.54 Å². The van der Waals surface area contributed by atoms with Crippen LogP contribution in [0.4, 0.5) is 4.39 Å². The van der Waals surface area contributed by atoms with E-state index in [1.165, 1.54) is 25.3 Å². The quantitative estimate of drug-likeness (QED) is 0.857. The third kappa shape index (κ3) is 3.20. The minimum absolute atomic E-state index is 0.250. The maximum atomic E-state index is 13.2. The fraction of sp³-hybridized carbons (Fsp3) is 0.571. The van der Waals surface area contributed by atoms with Crippen molar-refractivity contribution in [1.82, 2.24) is 5.32 Å². The van der Waals surface area contributed by atoms with Gasteiger partial charge < -0.3 is 5.32 Å². The van der Waals surface area contributed by atoms with Crippen molar-refractivity contribution in [2.45, 2.75) is 32.7 Å². The summed E-state index contributed by atoms with van der Waals surface area (Å²) in [6.45, 7) is 3.97. The summed E-state index contributed by atoms with van der Waals surface area (Å²) < 4.78 is 13.2. The first kappa shape index (κ1) is 12.8. The Kier molecular flexibility index (Phi) is 4.41. The zero-order valence-electron chi connectivity index (χ0n) is 10.2. The lowest BCUT2D eigenvalue weighted by Crippen LogP contribution is -2.24. The highest BCUT2D eigenvalue weighted by Gasteiger charge is 2.22. The molecule has 1 aliphatic rings. The van der Waals surface area contributed by atoms with Gasteiger partial charge in [-0.2, -0.15) is 0 Å². The Morgan fingerprint density at radius 3 is 2.94 bits per heavy atom. The van der Waals surface area contributed by atoms with Crippen LogP contribution in [0.3, 0.4) is 0 Å². The molecule has 0 aliphatic heterocycles. The Morgan fingerprint density at radius 1 is 1.41 bits per heavy atom. The van der Waals surface area contributed by atoms with E-state index in [-0.39, 0.29) is 10.8 Å². The van der Waals surface area contributed by atoms with Crippen molar-refractivity contribution in [2.24, 2.45) is 11.8 Å². The fourth-order valence-electron chi connectivity index (χ4n) is 2.60. The van der Waals surface area contributed by atoms with Crippen molar-refractivity contribution >= 4 is 11.6 Å². The second kappa shape index (κ2) is 5.83. The average molecular weight is 256 g/mol. The summed E-state index contributed by atoms with van der Waals surface area (Å²) in [5, 5.41) is 3.64. The molecular weight excluding hydrogens is 237 g/mol. The van der Waals surface area contributed by atoms with E-state index in [9.17, 15) is 4.39 Å². The SMILES string of the molecule is CC1CCCC1CNCc1cccc(F)c1Cl. The lowest BCUT2D eigenvalue weighted by molar-refractivity contribution is 0.392. The van der Waals surface area contributed by atoms with Gasteiger partial charge in [-0.25, -0.2) is 4.39 Å². The van der Waals surface area contributed by atoms with Gasteiger partial charge in [-0.05, 0) is 36.4 Å². The van der Waals surface area contributed by atoms with Crippen LogP contribution in [0.1, 0.15) is 31.7 Å². The molecule has 0 spiro atoms. The normalized spacial score (nSPS) is 24.2. The van der Waals surface area contributed by atoms with Gasteiger partial charge in [0.1, 0.15) is 5.82 Å². The largest absolute Gasteiger partial charge is 0.312 e. The van der Waals surface area contributed by atoms with Crippen LogP contribution in [0.2, 0.25) is 5.02 Å². The monoisotopic (exact) mass is 255 g/mol. The highest BCUT2D eigenvalue weighted by molar-refractivity contribution is 6.31. The van der Waals surface area contributed by atoms with Gasteiger partial charge in [-0.15, -0.1) is 0 Å². The van der Waals surface area contributed by atoms with Crippen LogP contribution in [-0.2, 0) is 6.54 Å². The first-order valence-corrected chi connectivity index (χ1v) is 6.70. The number of rotatable bonds is 4.